The Morgan fingerprint density at radius 2 is 1.08 bits per heavy atom. The Labute approximate surface area is 394 Å². The summed E-state index contributed by atoms with van der Waals surface area (Å²) >= 11 is -3.21. The van der Waals surface area contributed by atoms with E-state index in [4.69, 9.17) is 0 Å². The summed E-state index contributed by atoms with van der Waals surface area (Å²) in [5.41, 5.74) is 26.6. The fourth-order valence-corrected chi connectivity index (χ4v) is 19.4. The number of hydrogen-bond donors (Lipinski definition) is 0. The molecule has 0 spiro atoms. The van der Waals surface area contributed by atoms with Gasteiger partial charge in [0.25, 0.3) is 0 Å². The molecule has 0 nitrogen and oxygen atoms in total. The number of allylic oxidation sites excluding steroid dienone is 4. The van der Waals surface area contributed by atoms with Crippen LogP contribution in [-0.2, 0) is 27.7 Å². The largest absolute Gasteiger partial charge is 1.00 e. The molecular weight excluding hydrogens is 871 g/mol. The third-order valence-corrected chi connectivity index (χ3v) is 21.2. The number of rotatable bonds is 9. The summed E-state index contributed by atoms with van der Waals surface area (Å²) in [7, 11) is 0. The van der Waals surface area contributed by atoms with Crippen LogP contribution in [0.15, 0.2) is 124 Å². The first-order chi connectivity index (χ1) is 28.6. The minimum absolute atomic E-state index is 0. The molecule has 0 saturated heterocycles. The second-order valence-electron chi connectivity index (χ2n) is 19.3. The van der Waals surface area contributed by atoms with Gasteiger partial charge in [0.1, 0.15) is 0 Å². The fourth-order valence-electron chi connectivity index (χ4n) is 10.5. The summed E-state index contributed by atoms with van der Waals surface area (Å²) in [6, 6.07) is 41.1. The monoisotopic (exact) mass is 932 g/mol. The zero-order valence-electron chi connectivity index (χ0n) is 39.1. The van der Waals surface area contributed by atoms with Crippen molar-refractivity contribution in [3.8, 4) is 33.4 Å². The number of unbranched alkanes of at least 4 members (excludes halogenated alkanes) is 1. The van der Waals surface area contributed by atoms with Crippen LogP contribution in [0.3, 0.4) is 0 Å². The smallest absolute Gasteiger partial charge is 1.00 e. The molecule has 0 aromatic heterocycles. The number of hydrogen-bond acceptors (Lipinski definition) is 0. The maximum Gasteiger partial charge on any atom is -1.00 e. The van der Waals surface area contributed by atoms with E-state index < -0.39 is 21.3 Å². The normalized spacial score (nSPS) is 13.9. The van der Waals surface area contributed by atoms with Gasteiger partial charge in [-0.1, -0.05) is 0 Å². The van der Waals surface area contributed by atoms with Crippen LogP contribution in [0, 0.1) is 66.7 Å². The van der Waals surface area contributed by atoms with Gasteiger partial charge in [-0.15, -0.1) is 0 Å². The van der Waals surface area contributed by atoms with E-state index in [1.165, 1.54) is 119 Å². The van der Waals surface area contributed by atoms with Gasteiger partial charge < -0.3 is 24.8 Å². The summed E-state index contributed by atoms with van der Waals surface area (Å²) in [4.78, 5) is 0. The SMILES string of the molecule is CCCCC1C=C(C(C)(C)C)C=[C]1[Zr+2](=[C](c1ccc(C)cc1)c1ccc(C)cc1)[c]1c(-c2c(C)cc(C)cc2C)ccc2c1Cc1cc(-c3c(C)cc(C)cc3C)ccc1-2.[Cl-].[Cl-]. The molecule has 0 aliphatic heterocycles. The molecule has 0 fully saturated rings. The molecule has 0 bridgehead atoms. The van der Waals surface area contributed by atoms with Gasteiger partial charge in [-0.3, -0.25) is 0 Å². The van der Waals surface area contributed by atoms with Gasteiger partial charge in [0.05, 0.1) is 0 Å². The minimum atomic E-state index is -3.21. The Morgan fingerprint density at radius 1 is 0.581 bits per heavy atom. The van der Waals surface area contributed by atoms with Crippen LogP contribution in [0.4, 0.5) is 0 Å². The second kappa shape index (κ2) is 19.1. The van der Waals surface area contributed by atoms with Crippen LogP contribution >= 0.6 is 0 Å². The molecule has 0 heterocycles. The van der Waals surface area contributed by atoms with Crippen molar-refractivity contribution >= 4 is 6.48 Å². The molecular formula is C59H64Cl2Zr. The van der Waals surface area contributed by atoms with E-state index in [-0.39, 0.29) is 30.2 Å². The van der Waals surface area contributed by atoms with Crippen LogP contribution in [0.1, 0.15) is 114 Å². The summed E-state index contributed by atoms with van der Waals surface area (Å²) in [6.45, 7) is 27.8. The predicted octanol–water partition coefficient (Wildman–Crippen LogP) is 9.26. The van der Waals surface area contributed by atoms with E-state index in [2.05, 4.69) is 198 Å². The summed E-state index contributed by atoms with van der Waals surface area (Å²) in [6.07, 6.45) is 10.0. The zero-order valence-corrected chi connectivity index (χ0v) is 43.1. The molecule has 6 aromatic rings. The topological polar surface area (TPSA) is 0 Å². The number of aryl methyl sites for hydroxylation is 8. The van der Waals surface area contributed by atoms with Crippen molar-refractivity contribution in [2.24, 2.45) is 11.3 Å². The first kappa shape index (κ1) is 47.6. The van der Waals surface area contributed by atoms with Crippen molar-refractivity contribution in [2.45, 2.75) is 109 Å². The third kappa shape index (κ3) is 9.21. The van der Waals surface area contributed by atoms with Crippen LogP contribution in [0.2, 0.25) is 0 Å². The van der Waals surface area contributed by atoms with Crippen LogP contribution in [-0.4, -0.2) is 3.21 Å². The second-order valence-corrected chi connectivity index (χ2v) is 25.0. The van der Waals surface area contributed by atoms with E-state index >= 15 is 0 Å². The maximum absolute atomic E-state index is 3.21. The quantitative estimate of drug-likeness (QED) is 0.136. The molecule has 2 aliphatic carbocycles. The molecule has 8 rings (SSSR count). The standard InChI is InChI=1S/C31H29.C15H14.C13H21.2ClH.Zr/c1-18-11-20(3)30(21(4)12-18)24-7-9-28-26(15-24)17-27-16-25(8-10-29(27)28)31-22(5)13-19(2)14-23(31)6;1-12-3-7-14(8-4-12)11-15-9-5-13(2)6-10-15;1-5-6-7-11-8-9-12(10-11)13(2,3)4;;;/h7-15H,17H2,1-6H3;3-10H,1-2H3;9-11H,5-7H2,1-4H3;2*1H;/q;;;;;+2/p-2. The summed E-state index contributed by atoms with van der Waals surface area (Å²) < 4.78 is 5.03. The van der Waals surface area contributed by atoms with E-state index in [1.807, 2.05) is 0 Å². The van der Waals surface area contributed by atoms with Gasteiger partial charge in [0.2, 0.25) is 0 Å². The molecule has 0 radical (unpaired) electrons. The molecule has 3 heteroatoms. The number of halogens is 2. The van der Waals surface area contributed by atoms with E-state index in [9.17, 15) is 0 Å². The third-order valence-electron chi connectivity index (χ3n) is 13.3. The number of fused-ring (bicyclic) bond motifs is 3. The van der Waals surface area contributed by atoms with Gasteiger partial charge in [-0.05, 0) is 0 Å². The molecule has 1 unspecified atom stereocenters. The molecule has 2 aliphatic rings. The first-order valence-corrected chi connectivity index (χ1v) is 26.1. The van der Waals surface area contributed by atoms with Crippen molar-refractivity contribution in [1.82, 2.24) is 0 Å². The Morgan fingerprint density at radius 3 is 1.60 bits per heavy atom. The van der Waals surface area contributed by atoms with Crippen LogP contribution in [0.25, 0.3) is 33.4 Å². The van der Waals surface area contributed by atoms with Gasteiger partial charge >= 0.3 is 372 Å². The van der Waals surface area contributed by atoms with Gasteiger partial charge in [0, 0.05) is 0 Å². The molecule has 6 aromatic carbocycles. The fraction of sp³-hybridized carbons (Fsp3) is 0.305. The first-order valence-electron chi connectivity index (χ1n) is 22.4. The average Bonchev–Trinajstić information content (AvgIpc) is 3.78. The number of benzene rings is 6. The van der Waals surface area contributed by atoms with E-state index in [0.29, 0.717) is 5.92 Å². The van der Waals surface area contributed by atoms with Crippen LogP contribution < -0.4 is 28.1 Å². The zero-order chi connectivity index (χ0) is 42.6. The Balaban J connectivity index is 0.00000321. The van der Waals surface area contributed by atoms with E-state index in [1.54, 1.807) is 15.3 Å². The molecule has 1 atom stereocenters. The Hall–Kier alpha value is -3.87. The molecule has 0 saturated carbocycles. The molecule has 0 N–H and O–H groups in total. The van der Waals surface area contributed by atoms with E-state index in [0.717, 1.165) is 6.42 Å². The average molecular weight is 935 g/mol. The molecule has 62 heavy (non-hydrogen) atoms. The summed E-state index contributed by atoms with van der Waals surface area (Å²) in [5, 5.41) is 0. The van der Waals surface area contributed by atoms with Gasteiger partial charge in [-0.2, -0.15) is 0 Å². The van der Waals surface area contributed by atoms with Crippen molar-refractivity contribution in [1.29, 1.82) is 0 Å². The molecule has 318 valence electrons. The Bertz CT molecular complexity index is 2660. The summed E-state index contributed by atoms with van der Waals surface area (Å²) in [5.74, 6) is 0.436. The van der Waals surface area contributed by atoms with Crippen molar-refractivity contribution < 1.29 is 46.1 Å². The van der Waals surface area contributed by atoms with Crippen LogP contribution in [0.5, 0.6) is 0 Å². The van der Waals surface area contributed by atoms with Gasteiger partial charge in [-0.25, -0.2) is 0 Å². The molecule has 0 amide bonds. The van der Waals surface area contributed by atoms with Crippen molar-refractivity contribution in [3.63, 3.8) is 0 Å². The van der Waals surface area contributed by atoms with Crippen molar-refractivity contribution in [2.75, 3.05) is 0 Å². The Kier molecular flexibility index (Phi) is 14.7. The minimum Gasteiger partial charge on any atom is -1.00 e. The van der Waals surface area contributed by atoms with Crippen molar-refractivity contribution in [3.05, 3.63) is 191 Å². The maximum atomic E-state index is 2.73. The van der Waals surface area contributed by atoms with Gasteiger partial charge in [0.15, 0.2) is 0 Å². The predicted molar refractivity (Wildman–Crippen MR) is 258 cm³/mol.